The molecule has 21 heavy (non-hydrogen) atoms. The van der Waals surface area contributed by atoms with Crippen LogP contribution in [0.1, 0.15) is 39.2 Å². The van der Waals surface area contributed by atoms with Gasteiger partial charge in [0.2, 0.25) is 11.8 Å². The quantitative estimate of drug-likeness (QED) is 0.842. The third-order valence-corrected chi connectivity index (χ3v) is 3.94. The zero-order chi connectivity index (χ0) is 15.8. The van der Waals surface area contributed by atoms with Gasteiger partial charge in [-0.05, 0) is 58.2 Å². The zero-order valence-corrected chi connectivity index (χ0v) is 13.6. The number of aryl methyl sites for hydroxylation is 1. The Morgan fingerprint density at radius 2 is 1.81 bits per heavy atom. The number of halogens is 1. The van der Waals surface area contributed by atoms with Gasteiger partial charge in [-0.25, -0.2) is 0 Å². The third-order valence-electron chi connectivity index (χ3n) is 3.54. The highest BCUT2D eigenvalue weighted by atomic mass is 35.5. The summed E-state index contributed by atoms with van der Waals surface area (Å²) in [5.41, 5.74) is 0.289. The van der Waals surface area contributed by atoms with Crippen molar-refractivity contribution in [3.8, 4) is 0 Å². The highest BCUT2D eigenvalue weighted by Gasteiger charge is 2.57. The van der Waals surface area contributed by atoms with E-state index in [9.17, 15) is 9.59 Å². The lowest BCUT2D eigenvalue weighted by atomic mass is 10.0. The number of anilines is 1. The first-order chi connectivity index (χ1) is 9.64. The largest absolute Gasteiger partial charge is 0.351 e. The standard InChI is InChI=1S/C16H21ClN2O2/c1-10-5-6-11(9-12(10)17)18-13(20)16(7-8-16)14(21)19-15(2,3)4/h5-6,9H,7-8H2,1-4H3,(H,18,20)(H,19,21). The second kappa shape index (κ2) is 5.34. The van der Waals surface area contributed by atoms with Gasteiger partial charge in [-0.15, -0.1) is 0 Å². The second-order valence-corrected chi connectivity index (χ2v) is 7.11. The molecule has 1 aliphatic rings. The lowest BCUT2D eigenvalue weighted by Gasteiger charge is -2.24. The van der Waals surface area contributed by atoms with Crippen molar-refractivity contribution in [3.05, 3.63) is 28.8 Å². The number of carbonyl (C=O) groups excluding carboxylic acids is 2. The Kier molecular flexibility index (Phi) is 4.02. The van der Waals surface area contributed by atoms with Crippen LogP contribution < -0.4 is 10.6 Å². The van der Waals surface area contributed by atoms with Gasteiger partial charge in [0, 0.05) is 16.2 Å². The molecule has 2 rings (SSSR count). The van der Waals surface area contributed by atoms with Crippen molar-refractivity contribution in [2.24, 2.45) is 5.41 Å². The molecule has 0 aromatic heterocycles. The van der Waals surface area contributed by atoms with Gasteiger partial charge in [0.1, 0.15) is 5.41 Å². The number of amides is 2. The number of benzene rings is 1. The van der Waals surface area contributed by atoms with E-state index in [1.165, 1.54) is 0 Å². The maximum atomic E-state index is 12.4. The zero-order valence-electron chi connectivity index (χ0n) is 12.8. The molecule has 5 heteroatoms. The SMILES string of the molecule is Cc1ccc(NC(=O)C2(C(=O)NC(C)(C)C)CC2)cc1Cl. The van der Waals surface area contributed by atoms with Crippen molar-refractivity contribution in [1.82, 2.24) is 5.32 Å². The molecule has 0 aliphatic heterocycles. The predicted octanol–water partition coefficient (Wildman–Crippen LogP) is 3.28. The van der Waals surface area contributed by atoms with Crippen LogP contribution >= 0.6 is 11.6 Å². The van der Waals surface area contributed by atoms with E-state index in [0.29, 0.717) is 23.6 Å². The monoisotopic (exact) mass is 308 g/mol. The summed E-state index contributed by atoms with van der Waals surface area (Å²) in [5.74, 6) is -0.463. The van der Waals surface area contributed by atoms with Crippen LogP contribution in [0, 0.1) is 12.3 Å². The minimum atomic E-state index is -0.926. The molecule has 0 atom stereocenters. The third kappa shape index (κ3) is 3.56. The van der Waals surface area contributed by atoms with E-state index in [2.05, 4.69) is 10.6 Å². The molecular weight excluding hydrogens is 288 g/mol. The molecule has 0 spiro atoms. The summed E-state index contributed by atoms with van der Waals surface area (Å²) < 4.78 is 0. The Hall–Kier alpha value is -1.55. The van der Waals surface area contributed by atoms with Crippen LogP contribution in [0.2, 0.25) is 5.02 Å². The molecule has 0 heterocycles. The fourth-order valence-electron chi connectivity index (χ4n) is 2.06. The van der Waals surface area contributed by atoms with Gasteiger partial charge in [-0.3, -0.25) is 9.59 Å². The Bertz CT molecular complexity index is 586. The molecule has 0 saturated heterocycles. The van der Waals surface area contributed by atoms with E-state index in [0.717, 1.165) is 5.56 Å². The molecule has 1 aromatic rings. The molecule has 2 amide bonds. The van der Waals surface area contributed by atoms with E-state index in [1.807, 2.05) is 33.8 Å². The van der Waals surface area contributed by atoms with Crippen molar-refractivity contribution in [3.63, 3.8) is 0 Å². The molecule has 0 bridgehead atoms. The van der Waals surface area contributed by atoms with E-state index < -0.39 is 5.41 Å². The maximum Gasteiger partial charge on any atom is 0.240 e. The Labute approximate surface area is 130 Å². The molecule has 1 fully saturated rings. The van der Waals surface area contributed by atoms with Gasteiger partial charge in [0.25, 0.3) is 0 Å². The van der Waals surface area contributed by atoms with Crippen molar-refractivity contribution in [2.45, 2.75) is 46.1 Å². The van der Waals surface area contributed by atoms with E-state index in [1.54, 1.807) is 12.1 Å². The lowest BCUT2D eigenvalue weighted by molar-refractivity contribution is -0.135. The molecule has 114 valence electrons. The Balaban J connectivity index is 2.09. The van der Waals surface area contributed by atoms with Crippen molar-refractivity contribution in [1.29, 1.82) is 0 Å². The maximum absolute atomic E-state index is 12.4. The molecule has 1 aromatic carbocycles. The summed E-state index contributed by atoms with van der Waals surface area (Å²) in [6, 6.07) is 5.33. The van der Waals surface area contributed by atoms with Crippen LogP contribution in [0.3, 0.4) is 0 Å². The molecule has 1 saturated carbocycles. The van der Waals surface area contributed by atoms with Gasteiger partial charge in [-0.1, -0.05) is 17.7 Å². The smallest absolute Gasteiger partial charge is 0.240 e. The Morgan fingerprint density at radius 1 is 1.19 bits per heavy atom. The average Bonchev–Trinajstić information content (AvgIpc) is 3.13. The van der Waals surface area contributed by atoms with Crippen molar-refractivity contribution >= 4 is 29.1 Å². The normalized spacial score (nSPS) is 16.2. The van der Waals surface area contributed by atoms with Crippen molar-refractivity contribution < 1.29 is 9.59 Å². The van der Waals surface area contributed by atoms with Crippen LogP contribution in [0.5, 0.6) is 0 Å². The van der Waals surface area contributed by atoms with Crippen LogP contribution in [0.4, 0.5) is 5.69 Å². The van der Waals surface area contributed by atoms with Crippen LogP contribution in [-0.2, 0) is 9.59 Å². The van der Waals surface area contributed by atoms with Gasteiger partial charge < -0.3 is 10.6 Å². The molecule has 1 aliphatic carbocycles. The topological polar surface area (TPSA) is 58.2 Å². The van der Waals surface area contributed by atoms with Gasteiger partial charge in [0.15, 0.2) is 0 Å². The summed E-state index contributed by atoms with van der Waals surface area (Å²) in [7, 11) is 0. The van der Waals surface area contributed by atoms with Gasteiger partial charge in [-0.2, -0.15) is 0 Å². The predicted molar refractivity (Wildman–Crippen MR) is 84.4 cm³/mol. The highest BCUT2D eigenvalue weighted by Crippen LogP contribution is 2.47. The van der Waals surface area contributed by atoms with Crippen LogP contribution in [0.15, 0.2) is 18.2 Å². The number of rotatable bonds is 3. The van der Waals surface area contributed by atoms with Crippen LogP contribution in [-0.4, -0.2) is 17.4 Å². The first-order valence-electron chi connectivity index (χ1n) is 7.04. The molecule has 0 radical (unpaired) electrons. The van der Waals surface area contributed by atoms with E-state index >= 15 is 0 Å². The highest BCUT2D eigenvalue weighted by molar-refractivity contribution is 6.31. The molecule has 0 unspecified atom stereocenters. The average molecular weight is 309 g/mol. The number of hydrogen-bond donors (Lipinski definition) is 2. The fourth-order valence-corrected chi connectivity index (χ4v) is 2.24. The number of nitrogens with one attached hydrogen (secondary N) is 2. The summed E-state index contributed by atoms with van der Waals surface area (Å²) in [4.78, 5) is 24.7. The summed E-state index contributed by atoms with van der Waals surface area (Å²) in [6.07, 6.45) is 1.17. The molecule has 4 nitrogen and oxygen atoms in total. The van der Waals surface area contributed by atoms with Gasteiger partial charge >= 0.3 is 0 Å². The lowest BCUT2D eigenvalue weighted by Crippen LogP contribution is -2.48. The van der Waals surface area contributed by atoms with Gasteiger partial charge in [0.05, 0.1) is 0 Å². The summed E-state index contributed by atoms with van der Waals surface area (Å²) >= 11 is 6.05. The Morgan fingerprint density at radius 3 is 2.29 bits per heavy atom. The summed E-state index contributed by atoms with van der Waals surface area (Å²) in [5, 5.41) is 6.27. The summed E-state index contributed by atoms with van der Waals surface area (Å²) in [6.45, 7) is 7.60. The second-order valence-electron chi connectivity index (χ2n) is 6.70. The number of hydrogen-bond acceptors (Lipinski definition) is 2. The molecule has 2 N–H and O–H groups in total. The van der Waals surface area contributed by atoms with Crippen molar-refractivity contribution in [2.75, 3.05) is 5.32 Å². The molecular formula is C16H21ClN2O2. The first-order valence-corrected chi connectivity index (χ1v) is 7.42. The minimum absolute atomic E-state index is 0.203. The van der Waals surface area contributed by atoms with Crippen LogP contribution in [0.25, 0.3) is 0 Å². The number of carbonyl (C=O) groups is 2. The minimum Gasteiger partial charge on any atom is -0.351 e. The first kappa shape index (κ1) is 15.8. The van der Waals surface area contributed by atoms with E-state index in [-0.39, 0.29) is 17.4 Å². The van der Waals surface area contributed by atoms with E-state index in [4.69, 9.17) is 11.6 Å². The fraction of sp³-hybridized carbons (Fsp3) is 0.500.